The van der Waals surface area contributed by atoms with Crippen molar-refractivity contribution in [1.29, 1.82) is 0 Å². The van der Waals surface area contributed by atoms with Crippen molar-refractivity contribution in [3.8, 4) is 0 Å². The van der Waals surface area contributed by atoms with Gasteiger partial charge in [-0.05, 0) is 18.8 Å². The van der Waals surface area contributed by atoms with E-state index in [1.165, 1.54) is 12.8 Å². The molecule has 0 spiro atoms. The van der Waals surface area contributed by atoms with Gasteiger partial charge in [-0.15, -0.1) is 0 Å². The van der Waals surface area contributed by atoms with Crippen LogP contribution in [0.15, 0.2) is 0 Å². The van der Waals surface area contributed by atoms with Crippen molar-refractivity contribution in [3.63, 3.8) is 0 Å². The Balaban J connectivity index is 1.62. The van der Waals surface area contributed by atoms with Gasteiger partial charge >= 0.3 is 0 Å². The molecule has 0 bridgehead atoms. The lowest BCUT2D eigenvalue weighted by molar-refractivity contribution is -0.122. The number of nitrogens with one attached hydrogen (secondary N) is 2. The lowest BCUT2D eigenvalue weighted by atomic mass is 10.2. The highest BCUT2D eigenvalue weighted by atomic mass is 16.5. The van der Waals surface area contributed by atoms with Gasteiger partial charge in [0, 0.05) is 20.2 Å². The first kappa shape index (κ1) is 10.9. The van der Waals surface area contributed by atoms with E-state index in [0.717, 1.165) is 31.8 Å². The number of ether oxygens (including phenoxy) is 1. The number of carbonyl (C=O) groups is 1. The molecule has 2 unspecified atom stereocenters. The van der Waals surface area contributed by atoms with Crippen molar-refractivity contribution < 1.29 is 9.53 Å². The van der Waals surface area contributed by atoms with Crippen molar-refractivity contribution in [2.75, 3.05) is 20.2 Å². The van der Waals surface area contributed by atoms with E-state index in [4.69, 9.17) is 4.74 Å². The lowest BCUT2D eigenvalue weighted by Crippen LogP contribution is -2.40. The second kappa shape index (κ2) is 4.94. The molecule has 1 saturated heterocycles. The Morgan fingerprint density at radius 1 is 1.53 bits per heavy atom. The summed E-state index contributed by atoms with van der Waals surface area (Å²) in [6.45, 7) is 1.62. The van der Waals surface area contributed by atoms with Gasteiger partial charge in [0.25, 0.3) is 0 Å². The monoisotopic (exact) mass is 212 g/mol. The average Bonchev–Trinajstić information content (AvgIpc) is 2.94. The third-order valence-electron chi connectivity index (χ3n) is 3.29. The van der Waals surface area contributed by atoms with Crippen LogP contribution in [0.1, 0.15) is 25.7 Å². The molecule has 0 aromatic heterocycles. The maximum atomic E-state index is 11.7. The minimum absolute atomic E-state index is 0.0471. The van der Waals surface area contributed by atoms with Gasteiger partial charge in [0.05, 0.1) is 12.1 Å². The van der Waals surface area contributed by atoms with Crippen LogP contribution in [-0.2, 0) is 9.53 Å². The molecule has 15 heavy (non-hydrogen) atoms. The van der Waals surface area contributed by atoms with Crippen LogP contribution in [0.2, 0.25) is 0 Å². The molecule has 1 aliphatic heterocycles. The van der Waals surface area contributed by atoms with Crippen LogP contribution in [0.4, 0.5) is 0 Å². The molecule has 1 heterocycles. The van der Waals surface area contributed by atoms with Crippen LogP contribution in [0.5, 0.6) is 0 Å². The minimum atomic E-state index is -0.0471. The van der Waals surface area contributed by atoms with Crippen molar-refractivity contribution in [2.24, 2.45) is 5.92 Å². The first-order valence-corrected chi connectivity index (χ1v) is 5.83. The number of amides is 1. The average molecular weight is 212 g/mol. The van der Waals surface area contributed by atoms with Crippen LogP contribution in [0.3, 0.4) is 0 Å². The summed E-state index contributed by atoms with van der Waals surface area (Å²) in [6, 6.07) is -0.0471. The van der Waals surface area contributed by atoms with E-state index >= 15 is 0 Å². The van der Waals surface area contributed by atoms with E-state index in [1.807, 2.05) is 0 Å². The van der Waals surface area contributed by atoms with Crippen molar-refractivity contribution >= 4 is 5.91 Å². The standard InChI is InChI=1S/C11H20N2O2/c1-15-9-6-10(13-7-9)11(14)12-5-4-8-2-3-8/h8-10,13H,2-7H2,1H3,(H,12,14). The summed E-state index contributed by atoms with van der Waals surface area (Å²) in [7, 11) is 1.69. The second-order valence-electron chi connectivity index (χ2n) is 4.58. The summed E-state index contributed by atoms with van der Waals surface area (Å²) in [4.78, 5) is 11.7. The molecule has 86 valence electrons. The number of carbonyl (C=O) groups excluding carboxylic acids is 1. The Morgan fingerprint density at radius 3 is 2.93 bits per heavy atom. The fourth-order valence-corrected chi connectivity index (χ4v) is 2.01. The molecule has 2 atom stereocenters. The molecular weight excluding hydrogens is 192 g/mol. The molecule has 4 heteroatoms. The summed E-state index contributed by atoms with van der Waals surface area (Å²) in [5.41, 5.74) is 0. The van der Waals surface area contributed by atoms with E-state index < -0.39 is 0 Å². The predicted molar refractivity (Wildman–Crippen MR) is 57.6 cm³/mol. The van der Waals surface area contributed by atoms with Gasteiger partial charge in [-0.3, -0.25) is 4.79 Å². The fourth-order valence-electron chi connectivity index (χ4n) is 2.01. The Bertz CT molecular complexity index is 229. The Hall–Kier alpha value is -0.610. The SMILES string of the molecule is COC1CNC(C(=O)NCCC2CC2)C1. The lowest BCUT2D eigenvalue weighted by Gasteiger charge is -2.10. The van der Waals surface area contributed by atoms with Gasteiger partial charge < -0.3 is 15.4 Å². The number of hydrogen-bond acceptors (Lipinski definition) is 3. The highest BCUT2D eigenvalue weighted by Crippen LogP contribution is 2.31. The smallest absolute Gasteiger partial charge is 0.237 e. The summed E-state index contributed by atoms with van der Waals surface area (Å²) in [5, 5.41) is 6.16. The Morgan fingerprint density at radius 2 is 2.33 bits per heavy atom. The zero-order valence-corrected chi connectivity index (χ0v) is 9.29. The van der Waals surface area contributed by atoms with Gasteiger partial charge in [0.2, 0.25) is 5.91 Å². The Kier molecular flexibility index (Phi) is 3.59. The maximum absolute atomic E-state index is 11.7. The third-order valence-corrected chi connectivity index (χ3v) is 3.29. The summed E-state index contributed by atoms with van der Waals surface area (Å²) < 4.78 is 5.20. The normalized spacial score (nSPS) is 30.5. The van der Waals surface area contributed by atoms with Crippen LogP contribution < -0.4 is 10.6 Å². The van der Waals surface area contributed by atoms with Gasteiger partial charge in [0.15, 0.2) is 0 Å². The van der Waals surface area contributed by atoms with Gasteiger partial charge in [-0.1, -0.05) is 12.8 Å². The molecule has 0 radical (unpaired) electrons. The van der Waals surface area contributed by atoms with E-state index in [0.29, 0.717) is 0 Å². The fraction of sp³-hybridized carbons (Fsp3) is 0.909. The molecule has 2 aliphatic rings. The molecule has 1 aliphatic carbocycles. The minimum Gasteiger partial charge on any atom is -0.380 e. The molecule has 2 rings (SSSR count). The molecule has 0 aromatic rings. The predicted octanol–water partition coefficient (Wildman–Crippen LogP) is 0.280. The highest BCUT2D eigenvalue weighted by Gasteiger charge is 2.29. The van der Waals surface area contributed by atoms with Crippen molar-refractivity contribution in [1.82, 2.24) is 10.6 Å². The van der Waals surface area contributed by atoms with Gasteiger partial charge in [0.1, 0.15) is 0 Å². The first-order chi connectivity index (χ1) is 7.29. The highest BCUT2D eigenvalue weighted by molar-refractivity contribution is 5.82. The van der Waals surface area contributed by atoms with Crippen LogP contribution >= 0.6 is 0 Å². The molecule has 0 aromatic carbocycles. The van der Waals surface area contributed by atoms with E-state index in [1.54, 1.807) is 7.11 Å². The molecule has 4 nitrogen and oxygen atoms in total. The second-order valence-corrected chi connectivity index (χ2v) is 4.58. The Labute approximate surface area is 90.8 Å². The van der Waals surface area contributed by atoms with E-state index in [2.05, 4.69) is 10.6 Å². The topological polar surface area (TPSA) is 50.4 Å². The van der Waals surface area contributed by atoms with Crippen LogP contribution in [0, 0.1) is 5.92 Å². The van der Waals surface area contributed by atoms with Crippen molar-refractivity contribution in [2.45, 2.75) is 37.8 Å². The number of hydrogen-bond donors (Lipinski definition) is 2. The maximum Gasteiger partial charge on any atom is 0.237 e. The molecule has 2 fully saturated rings. The summed E-state index contributed by atoms with van der Waals surface area (Å²) in [6.07, 6.45) is 4.84. The summed E-state index contributed by atoms with van der Waals surface area (Å²) >= 11 is 0. The van der Waals surface area contributed by atoms with Gasteiger partial charge in [-0.2, -0.15) is 0 Å². The van der Waals surface area contributed by atoms with Crippen LogP contribution in [0.25, 0.3) is 0 Å². The van der Waals surface area contributed by atoms with Gasteiger partial charge in [-0.25, -0.2) is 0 Å². The quantitative estimate of drug-likeness (QED) is 0.688. The molecule has 1 amide bonds. The largest absolute Gasteiger partial charge is 0.380 e. The number of methoxy groups -OCH3 is 1. The third kappa shape index (κ3) is 3.18. The first-order valence-electron chi connectivity index (χ1n) is 5.83. The zero-order valence-electron chi connectivity index (χ0n) is 9.29. The molecular formula is C11H20N2O2. The van der Waals surface area contributed by atoms with Crippen molar-refractivity contribution in [3.05, 3.63) is 0 Å². The number of rotatable bonds is 5. The van der Waals surface area contributed by atoms with E-state index in [9.17, 15) is 4.79 Å². The zero-order chi connectivity index (χ0) is 10.7. The summed E-state index contributed by atoms with van der Waals surface area (Å²) in [5.74, 6) is 1.02. The molecule has 2 N–H and O–H groups in total. The molecule has 1 saturated carbocycles. The van der Waals surface area contributed by atoms with Crippen LogP contribution in [-0.4, -0.2) is 38.3 Å². The van der Waals surface area contributed by atoms with E-state index in [-0.39, 0.29) is 18.1 Å².